The minimum Gasteiger partial charge on any atom is -0.480 e. The summed E-state index contributed by atoms with van der Waals surface area (Å²) in [4.78, 5) is 11.0. The molecule has 0 spiro atoms. The van der Waals surface area contributed by atoms with Crippen molar-refractivity contribution in [1.29, 1.82) is 0 Å². The Labute approximate surface area is 71.9 Å². The van der Waals surface area contributed by atoms with Crippen LogP contribution in [0.2, 0.25) is 0 Å². The molecule has 1 rings (SSSR count). The van der Waals surface area contributed by atoms with Gasteiger partial charge in [0.25, 0.3) is 0 Å². The quantitative estimate of drug-likeness (QED) is 0.641. The number of carbonyl (C=O) groups is 1. The summed E-state index contributed by atoms with van der Waals surface area (Å²) in [6.45, 7) is 4.87. The molecular formula is C8H15NO3. The zero-order valence-electron chi connectivity index (χ0n) is 7.46. The van der Waals surface area contributed by atoms with Gasteiger partial charge < -0.3 is 9.84 Å². The largest absolute Gasteiger partial charge is 0.480 e. The predicted octanol–water partition coefficient (Wildman–Crippen LogP) is 0.228. The van der Waals surface area contributed by atoms with E-state index in [-0.39, 0.29) is 6.10 Å². The van der Waals surface area contributed by atoms with Crippen LogP contribution in [0, 0.1) is 0 Å². The summed E-state index contributed by atoms with van der Waals surface area (Å²) in [5.41, 5.74) is -0.852. The highest BCUT2D eigenvalue weighted by molar-refractivity contribution is 5.80. The lowest BCUT2D eigenvalue weighted by molar-refractivity contribution is -0.146. The van der Waals surface area contributed by atoms with E-state index in [9.17, 15) is 4.79 Å². The van der Waals surface area contributed by atoms with Crippen molar-refractivity contribution in [2.24, 2.45) is 0 Å². The number of rotatable bonds is 3. The van der Waals surface area contributed by atoms with Crippen LogP contribution in [0.5, 0.6) is 0 Å². The smallest absolute Gasteiger partial charge is 0.326 e. The molecule has 2 atom stereocenters. The molecule has 2 unspecified atom stereocenters. The molecule has 0 aromatic heterocycles. The predicted molar refractivity (Wildman–Crippen MR) is 44.1 cm³/mol. The summed E-state index contributed by atoms with van der Waals surface area (Å²) in [5, 5.41) is 12.0. The maximum Gasteiger partial charge on any atom is 0.326 e. The number of aliphatic carboxylic acids is 1. The maximum absolute atomic E-state index is 11.0. The third kappa shape index (κ3) is 1.32. The molecule has 12 heavy (non-hydrogen) atoms. The first-order chi connectivity index (χ1) is 5.63. The molecule has 1 heterocycles. The van der Waals surface area contributed by atoms with Gasteiger partial charge in [-0.25, -0.2) is 0 Å². The van der Waals surface area contributed by atoms with Crippen molar-refractivity contribution in [3.63, 3.8) is 0 Å². The van der Waals surface area contributed by atoms with Gasteiger partial charge in [0.15, 0.2) is 0 Å². The van der Waals surface area contributed by atoms with Crippen LogP contribution in [0.25, 0.3) is 0 Å². The molecule has 0 bridgehead atoms. The first-order valence-corrected chi connectivity index (χ1v) is 4.23. The fourth-order valence-corrected chi connectivity index (χ4v) is 1.65. The number of nitrogens with one attached hydrogen (secondary N) is 1. The van der Waals surface area contributed by atoms with Gasteiger partial charge in [0.1, 0.15) is 5.54 Å². The number of carboxylic acid groups (broad SMARTS) is 1. The molecule has 0 aromatic carbocycles. The van der Waals surface area contributed by atoms with E-state index in [0.717, 1.165) is 0 Å². The molecule has 2 N–H and O–H groups in total. The van der Waals surface area contributed by atoms with Gasteiger partial charge in [-0.1, -0.05) is 6.92 Å². The third-order valence-corrected chi connectivity index (χ3v) is 2.43. The first-order valence-electron chi connectivity index (χ1n) is 4.23. The summed E-state index contributed by atoms with van der Waals surface area (Å²) in [7, 11) is 0. The highest BCUT2D eigenvalue weighted by Gasteiger charge is 2.47. The van der Waals surface area contributed by atoms with Crippen molar-refractivity contribution in [2.75, 3.05) is 13.2 Å². The Bertz CT molecular complexity index is 183. The average Bonchev–Trinajstić information content (AvgIpc) is 2.34. The van der Waals surface area contributed by atoms with Gasteiger partial charge in [-0.05, 0) is 13.5 Å². The molecule has 0 saturated carbocycles. The Kier molecular flexibility index (Phi) is 2.69. The summed E-state index contributed by atoms with van der Waals surface area (Å²) < 4.78 is 5.24. The molecule has 1 fully saturated rings. The second kappa shape index (κ2) is 3.41. The standard InChI is InChI=1S/C8H15NO3/c1-3-9-8(7(10)11)4-5-12-6(8)2/h6,9H,3-5H2,1-2H3,(H,10,11). The summed E-state index contributed by atoms with van der Waals surface area (Å²) in [5.74, 6) is -0.811. The van der Waals surface area contributed by atoms with Gasteiger partial charge in [0.05, 0.1) is 6.10 Å². The van der Waals surface area contributed by atoms with E-state index in [0.29, 0.717) is 19.6 Å². The lowest BCUT2D eigenvalue weighted by Crippen LogP contribution is -2.56. The maximum atomic E-state index is 11.0. The Morgan fingerprint density at radius 2 is 2.50 bits per heavy atom. The summed E-state index contributed by atoms with van der Waals surface area (Å²) >= 11 is 0. The topological polar surface area (TPSA) is 58.6 Å². The van der Waals surface area contributed by atoms with Crippen LogP contribution in [0.1, 0.15) is 20.3 Å². The van der Waals surface area contributed by atoms with E-state index < -0.39 is 11.5 Å². The molecule has 1 aliphatic rings. The first kappa shape index (κ1) is 9.48. The van der Waals surface area contributed by atoms with Crippen LogP contribution in [0.15, 0.2) is 0 Å². The van der Waals surface area contributed by atoms with E-state index in [1.807, 2.05) is 6.92 Å². The van der Waals surface area contributed by atoms with Gasteiger partial charge in [0.2, 0.25) is 0 Å². The number of carboxylic acids is 1. The summed E-state index contributed by atoms with van der Waals surface area (Å²) in [6, 6.07) is 0. The number of likely N-dealkylation sites (N-methyl/N-ethyl adjacent to an activating group) is 1. The lowest BCUT2D eigenvalue weighted by atomic mass is 9.92. The van der Waals surface area contributed by atoms with E-state index >= 15 is 0 Å². The van der Waals surface area contributed by atoms with Gasteiger partial charge in [0, 0.05) is 13.0 Å². The highest BCUT2D eigenvalue weighted by atomic mass is 16.5. The molecule has 0 aliphatic carbocycles. The summed E-state index contributed by atoms with van der Waals surface area (Å²) in [6.07, 6.45) is 0.312. The highest BCUT2D eigenvalue weighted by Crippen LogP contribution is 2.25. The minimum absolute atomic E-state index is 0.241. The van der Waals surface area contributed by atoms with Gasteiger partial charge in [-0.15, -0.1) is 0 Å². The van der Waals surface area contributed by atoms with E-state index in [1.54, 1.807) is 6.92 Å². The van der Waals surface area contributed by atoms with Gasteiger partial charge in [-0.3, -0.25) is 10.1 Å². The molecule has 0 radical (unpaired) electrons. The monoisotopic (exact) mass is 173 g/mol. The SMILES string of the molecule is CCNC1(C(=O)O)CCOC1C. The van der Waals surface area contributed by atoms with Crippen molar-refractivity contribution >= 4 is 5.97 Å². The molecule has 0 aromatic rings. The number of ether oxygens (including phenoxy) is 1. The molecule has 1 aliphatic heterocycles. The van der Waals surface area contributed by atoms with Crippen LogP contribution < -0.4 is 5.32 Å². The third-order valence-electron chi connectivity index (χ3n) is 2.43. The number of hydrogen-bond donors (Lipinski definition) is 2. The molecule has 70 valence electrons. The van der Waals surface area contributed by atoms with Crippen molar-refractivity contribution in [3.8, 4) is 0 Å². The average molecular weight is 173 g/mol. The van der Waals surface area contributed by atoms with Crippen LogP contribution in [0.4, 0.5) is 0 Å². The van der Waals surface area contributed by atoms with Crippen molar-refractivity contribution in [3.05, 3.63) is 0 Å². The lowest BCUT2D eigenvalue weighted by Gasteiger charge is -2.27. The minimum atomic E-state index is -0.852. The molecule has 1 saturated heterocycles. The van der Waals surface area contributed by atoms with Crippen LogP contribution in [-0.4, -0.2) is 35.9 Å². The van der Waals surface area contributed by atoms with Crippen molar-refractivity contribution < 1.29 is 14.6 Å². The Morgan fingerprint density at radius 3 is 2.83 bits per heavy atom. The molecule has 4 heteroatoms. The van der Waals surface area contributed by atoms with E-state index in [4.69, 9.17) is 9.84 Å². The van der Waals surface area contributed by atoms with E-state index in [2.05, 4.69) is 5.32 Å². The molecule has 0 amide bonds. The van der Waals surface area contributed by atoms with E-state index in [1.165, 1.54) is 0 Å². The fraction of sp³-hybridized carbons (Fsp3) is 0.875. The van der Waals surface area contributed by atoms with Gasteiger partial charge in [-0.2, -0.15) is 0 Å². The van der Waals surface area contributed by atoms with Crippen LogP contribution in [0.3, 0.4) is 0 Å². The molecular weight excluding hydrogens is 158 g/mol. The Morgan fingerprint density at radius 1 is 1.83 bits per heavy atom. The zero-order valence-corrected chi connectivity index (χ0v) is 7.46. The fourth-order valence-electron chi connectivity index (χ4n) is 1.65. The second-order valence-corrected chi connectivity index (χ2v) is 3.07. The zero-order chi connectivity index (χ0) is 9.19. The van der Waals surface area contributed by atoms with Crippen LogP contribution in [-0.2, 0) is 9.53 Å². The van der Waals surface area contributed by atoms with Crippen LogP contribution >= 0.6 is 0 Å². The molecule has 4 nitrogen and oxygen atoms in total. The Balaban J connectivity index is 2.77. The number of hydrogen-bond acceptors (Lipinski definition) is 3. The second-order valence-electron chi connectivity index (χ2n) is 3.07. The van der Waals surface area contributed by atoms with Crippen molar-refractivity contribution in [1.82, 2.24) is 5.32 Å². The Hall–Kier alpha value is -0.610. The van der Waals surface area contributed by atoms with Crippen molar-refractivity contribution in [2.45, 2.75) is 31.9 Å². The van der Waals surface area contributed by atoms with Gasteiger partial charge >= 0.3 is 5.97 Å². The normalized spacial score (nSPS) is 35.3.